The molecule has 0 bridgehead atoms. The second kappa shape index (κ2) is 13.4. The highest BCUT2D eigenvalue weighted by molar-refractivity contribution is 7.80. The number of amides is 1. The Bertz CT molecular complexity index is 1530. The minimum absolute atomic E-state index is 0.0275. The van der Waals surface area contributed by atoms with E-state index in [4.69, 9.17) is 0 Å². The standard InChI is InChI=1S/C33H44N4O6S/c1-7-20-15(2)25(36-33(20)43)12-23-16(3)21(8-10-29(38)39)26(34-23)14-27-22(9-11-30(40)41)17(4)24(35-27)13-28-31(19(6)44)18(5)32(42)37-28/h7,13,15,18-19,25,31,34-36,43-44H,1,8-12,14H2,2-6H3,(H,37,42)(H,38,39)(H,40,41)/b28-13-/t15?,18-,19-,25-,31+/m1/s1. The van der Waals surface area contributed by atoms with Crippen molar-refractivity contribution in [2.45, 2.75) is 84.4 Å². The molecule has 0 aliphatic carbocycles. The van der Waals surface area contributed by atoms with Crippen LogP contribution in [0.2, 0.25) is 0 Å². The number of carbonyl (C=O) groups excluding carboxylic acids is 1. The highest BCUT2D eigenvalue weighted by Gasteiger charge is 2.38. The minimum Gasteiger partial charge on any atom is -0.495 e. The zero-order valence-corrected chi connectivity index (χ0v) is 26.9. The average Bonchev–Trinajstić information content (AvgIpc) is 3.59. The van der Waals surface area contributed by atoms with Crippen molar-refractivity contribution in [1.82, 2.24) is 20.6 Å². The normalized spacial score (nSPS) is 23.2. The number of aliphatic hydroxyl groups excluding tert-OH is 1. The van der Waals surface area contributed by atoms with Crippen molar-refractivity contribution in [3.63, 3.8) is 0 Å². The lowest BCUT2D eigenvalue weighted by Crippen LogP contribution is -2.30. The van der Waals surface area contributed by atoms with Crippen LogP contribution in [0.15, 0.2) is 29.8 Å². The van der Waals surface area contributed by atoms with Gasteiger partial charge in [0.25, 0.3) is 0 Å². The molecule has 0 saturated carbocycles. The number of nitrogens with one attached hydrogen (secondary N) is 4. The fourth-order valence-electron chi connectivity index (χ4n) is 6.73. The van der Waals surface area contributed by atoms with E-state index < -0.39 is 11.9 Å². The fourth-order valence-corrected chi connectivity index (χ4v) is 7.15. The zero-order valence-electron chi connectivity index (χ0n) is 26.0. The first-order chi connectivity index (χ1) is 20.7. The van der Waals surface area contributed by atoms with E-state index in [0.717, 1.165) is 56.3 Å². The first-order valence-corrected chi connectivity index (χ1v) is 15.6. The van der Waals surface area contributed by atoms with Crippen LogP contribution >= 0.6 is 12.6 Å². The molecule has 10 nitrogen and oxygen atoms in total. The number of carboxylic acids is 2. The predicted molar refractivity (Wildman–Crippen MR) is 173 cm³/mol. The van der Waals surface area contributed by atoms with E-state index in [1.165, 1.54) is 0 Å². The Hall–Kier alpha value is -3.86. The molecule has 1 unspecified atom stereocenters. The van der Waals surface area contributed by atoms with Gasteiger partial charge in [0.05, 0.1) is 0 Å². The molecule has 2 aromatic rings. The van der Waals surface area contributed by atoms with Crippen molar-refractivity contribution in [1.29, 1.82) is 0 Å². The molecule has 4 heterocycles. The molecule has 2 aromatic heterocycles. The van der Waals surface area contributed by atoms with Gasteiger partial charge in [0.1, 0.15) is 0 Å². The molecule has 0 spiro atoms. The van der Waals surface area contributed by atoms with Gasteiger partial charge in [-0.15, -0.1) is 0 Å². The molecule has 7 N–H and O–H groups in total. The van der Waals surface area contributed by atoms with E-state index in [1.807, 2.05) is 40.7 Å². The van der Waals surface area contributed by atoms with Gasteiger partial charge in [0.2, 0.25) is 5.91 Å². The third-order valence-electron chi connectivity index (χ3n) is 9.34. The lowest BCUT2D eigenvalue weighted by atomic mass is 9.91. The Labute approximate surface area is 263 Å². The summed E-state index contributed by atoms with van der Waals surface area (Å²) in [5, 5.41) is 35.4. The summed E-state index contributed by atoms with van der Waals surface area (Å²) in [5.41, 5.74) is 8.70. The molecule has 2 aliphatic heterocycles. The van der Waals surface area contributed by atoms with Gasteiger partial charge in [-0.1, -0.05) is 33.4 Å². The molecule has 1 fully saturated rings. The molecular weight excluding hydrogens is 580 g/mol. The van der Waals surface area contributed by atoms with Crippen molar-refractivity contribution in [2.24, 2.45) is 17.8 Å². The molecule has 238 valence electrons. The van der Waals surface area contributed by atoms with Gasteiger partial charge in [-0.25, -0.2) is 0 Å². The number of aromatic nitrogens is 2. The van der Waals surface area contributed by atoms with Gasteiger partial charge in [0.15, 0.2) is 5.88 Å². The van der Waals surface area contributed by atoms with E-state index in [9.17, 15) is 29.7 Å². The molecule has 2 aliphatic rings. The van der Waals surface area contributed by atoms with Crippen LogP contribution in [-0.2, 0) is 40.1 Å². The van der Waals surface area contributed by atoms with Gasteiger partial charge >= 0.3 is 11.9 Å². The van der Waals surface area contributed by atoms with Crippen LogP contribution in [0.5, 0.6) is 0 Å². The minimum atomic E-state index is -0.897. The summed E-state index contributed by atoms with van der Waals surface area (Å²) in [6.07, 6.45) is 5.19. The SMILES string of the molecule is C=CC1=C(O)N[C@H](Cc2[nH]c(Cc3[nH]c(/C=C4\NC(=O)[C@H](C)[C@H]4[C@@H](C)S)c(C)c3CCC(=O)O)c(CCC(=O)O)c2C)C1C. The lowest BCUT2D eigenvalue weighted by Gasteiger charge is -2.17. The summed E-state index contributed by atoms with van der Waals surface area (Å²) in [4.78, 5) is 42.7. The Balaban J connectivity index is 1.73. The summed E-state index contributed by atoms with van der Waals surface area (Å²) in [6.45, 7) is 13.6. The third-order valence-corrected chi connectivity index (χ3v) is 9.66. The molecule has 11 heteroatoms. The van der Waals surface area contributed by atoms with Gasteiger partial charge in [-0.3, -0.25) is 14.4 Å². The van der Waals surface area contributed by atoms with E-state index >= 15 is 0 Å². The number of hydrogen-bond donors (Lipinski definition) is 8. The number of carbonyl (C=O) groups is 3. The van der Waals surface area contributed by atoms with Gasteiger partial charge in [0, 0.05) is 88.8 Å². The lowest BCUT2D eigenvalue weighted by molar-refractivity contribution is -0.138. The van der Waals surface area contributed by atoms with Crippen molar-refractivity contribution in [3.8, 4) is 0 Å². The van der Waals surface area contributed by atoms with Crippen LogP contribution in [0, 0.1) is 31.6 Å². The molecule has 44 heavy (non-hydrogen) atoms. The highest BCUT2D eigenvalue weighted by atomic mass is 32.1. The summed E-state index contributed by atoms with van der Waals surface area (Å²) in [6, 6.07) is -0.0659. The van der Waals surface area contributed by atoms with Crippen molar-refractivity contribution in [3.05, 3.63) is 74.8 Å². The maximum atomic E-state index is 12.5. The molecule has 0 radical (unpaired) electrons. The number of hydrogen-bond acceptors (Lipinski definition) is 6. The number of aromatic amines is 2. The molecule has 0 aromatic carbocycles. The highest BCUT2D eigenvalue weighted by Crippen LogP contribution is 2.35. The first kappa shape index (κ1) is 33.0. The molecule has 1 amide bonds. The summed E-state index contributed by atoms with van der Waals surface area (Å²) >= 11 is 4.63. The van der Waals surface area contributed by atoms with Crippen LogP contribution in [0.4, 0.5) is 0 Å². The smallest absolute Gasteiger partial charge is 0.303 e. The Morgan fingerprint density at radius 2 is 1.57 bits per heavy atom. The number of H-pyrrole nitrogens is 2. The number of thiol groups is 1. The predicted octanol–water partition coefficient (Wildman–Crippen LogP) is 4.73. The van der Waals surface area contributed by atoms with E-state index in [-0.39, 0.29) is 53.7 Å². The molecule has 5 atom stereocenters. The largest absolute Gasteiger partial charge is 0.495 e. The first-order valence-electron chi connectivity index (χ1n) is 15.1. The second-order valence-electron chi connectivity index (χ2n) is 12.2. The topological polar surface area (TPSA) is 168 Å². The fraction of sp³-hybridized carbons (Fsp3) is 0.485. The maximum Gasteiger partial charge on any atom is 0.303 e. The number of carboxylic acid groups (broad SMARTS) is 2. The monoisotopic (exact) mass is 624 g/mol. The third kappa shape index (κ3) is 6.77. The van der Waals surface area contributed by atoms with Crippen molar-refractivity contribution in [2.75, 3.05) is 0 Å². The maximum absolute atomic E-state index is 12.5. The summed E-state index contributed by atoms with van der Waals surface area (Å²) < 4.78 is 0. The van der Waals surface area contributed by atoms with Crippen LogP contribution in [-0.4, -0.2) is 54.4 Å². The van der Waals surface area contributed by atoms with Crippen LogP contribution < -0.4 is 10.6 Å². The van der Waals surface area contributed by atoms with Crippen LogP contribution in [0.3, 0.4) is 0 Å². The van der Waals surface area contributed by atoms with E-state index in [1.54, 1.807) is 6.08 Å². The van der Waals surface area contributed by atoms with E-state index in [2.05, 4.69) is 39.8 Å². The number of aliphatic carboxylic acids is 2. The molecular formula is C33H44N4O6S. The van der Waals surface area contributed by atoms with Crippen molar-refractivity contribution < 1.29 is 29.7 Å². The summed E-state index contributed by atoms with van der Waals surface area (Å²) in [5.74, 6) is -1.98. The van der Waals surface area contributed by atoms with Crippen LogP contribution in [0.1, 0.15) is 78.6 Å². The second-order valence-corrected chi connectivity index (χ2v) is 13.0. The quantitative estimate of drug-likeness (QED) is 0.149. The summed E-state index contributed by atoms with van der Waals surface area (Å²) in [7, 11) is 0. The number of aliphatic hydroxyl groups is 1. The average molecular weight is 625 g/mol. The molecule has 4 rings (SSSR count). The van der Waals surface area contributed by atoms with Crippen molar-refractivity contribution >= 4 is 36.6 Å². The molecule has 1 saturated heterocycles. The van der Waals surface area contributed by atoms with Crippen LogP contribution in [0.25, 0.3) is 6.08 Å². The van der Waals surface area contributed by atoms with Gasteiger partial charge < -0.3 is 35.9 Å². The zero-order chi connectivity index (χ0) is 32.5. The van der Waals surface area contributed by atoms with Gasteiger partial charge in [-0.2, -0.15) is 12.6 Å². The van der Waals surface area contributed by atoms with E-state index in [0.29, 0.717) is 25.7 Å². The Morgan fingerprint density at radius 3 is 2.11 bits per heavy atom. The van der Waals surface area contributed by atoms with Gasteiger partial charge in [-0.05, 0) is 55.0 Å². The Morgan fingerprint density at radius 1 is 0.977 bits per heavy atom. The number of rotatable bonds is 13. The number of allylic oxidation sites excluding steroid dienone is 2. The Kier molecular flexibility index (Phi) is 10.1.